The van der Waals surface area contributed by atoms with Crippen LogP contribution in [0.2, 0.25) is 0 Å². The predicted octanol–water partition coefficient (Wildman–Crippen LogP) is 3.57. The van der Waals surface area contributed by atoms with Gasteiger partial charge >= 0.3 is 6.09 Å². The van der Waals surface area contributed by atoms with Gasteiger partial charge in [-0.15, -0.1) is 0 Å². The van der Waals surface area contributed by atoms with Crippen molar-refractivity contribution in [3.8, 4) is 11.6 Å². The summed E-state index contributed by atoms with van der Waals surface area (Å²) in [5, 5.41) is 3.37. The standard InChI is InChI=1S/C24H25FN4O4/c1-14-3-4-16(9-18(14)25)29-12-17(33-24(29)30)10-26-8-7-15-13-32-20-11-27-19-5-6-21(31-2)28-23(19)22(15)20/h3-6,9,11,15,17,26H,7-8,10,12-13H2,1-2H3/t15-,17+/m0/s1. The van der Waals surface area contributed by atoms with Crippen LogP contribution in [0.3, 0.4) is 0 Å². The molecule has 9 heteroatoms. The van der Waals surface area contributed by atoms with E-state index in [-0.39, 0.29) is 17.8 Å². The first kappa shape index (κ1) is 21.4. The van der Waals surface area contributed by atoms with Gasteiger partial charge in [-0.05, 0) is 43.7 Å². The number of amides is 1. The Morgan fingerprint density at radius 2 is 2.18 bits per heavy atom. The maximum absolute atomic E-state index is 13.9. The van der Waals surface area contributed by atoms with Crippen molar-refractivity contribution in [3.05, 3.63) is 53.5 Å². The lowest BCUT2D eigenvalue weighted by atomic mass is 9.97. The average Bonchev–Trinajstić information content (AvgIpc) is 3.41. The lowest BCUT2D eigenvalue weighted by molar-refractivity contribution is 0.140. The topological polar surface area (TPSA) is 85.8 Å². The number of aryl methyl sites for hydroxylation is 1. The number of carbonyl (C=O) groups is 1. The summed E-state index contributed by atoms with van der Waals surface area (Å²) in [6.45, 7) is 3.87. The minimum absolute atomic E-state index is 0.177. The summed E-state index contributed by atoms with van der Waals surface area (Å²) in [4.78, 5) is 22.7. The molecular weight excluding hydrogens is 427 g/mol. The molecule has 2 aliphatic heterocycles. The Kier molecular flexibility index (Phi) is 5.72. The van der Waals surface area contributed by atoms with Crippen LogP contribution in [0.25, 0.3) is 11.0 Å². The van der Waals surface area contributed by atoms with E-state index in [1.54, 1.807) is 38.4 Å². The molecule has 1 amide bonds. The van der Waals surface area contributed by atoms with E-state index in [4.69, 9.17) is 14.2 Å². The Labute approximate surface area is 190 Å². The van der Waals surface area contributed by atoms with Crippen LogP contribution in [0, 0.1) is 12.7 Å². The molecule has 33 heavy (non-hydrogen) atoms. The largest absolute Gasteiger partial charge is 0.491 e. The maximum atomic E-state index is 13.9. The fraction of sp³-hybridized carbons (Fsp3) is 0.375. The summed E-state index contributed by atoms with van der Waals surface area (Å²) in [6, 6.07) is 8.45. The number of ether oxygens (including phenoxy) is 3. The third-order valence-electron chi connectivity index (χ3n) is 6.13. The first-order valence-electron chi connectivity index (χ1n) is 10.9. The number of methoxy groups -OCH3 is 1. The molecule has 1 aromatic carbocycles. The molecule has 0 radical (unpaired) electrons. The first-order chi connectivity index (χ1) is 16.0. The number of hydrogen-bond acceptors (Lipinski definition) is 7. The van der Waals surface area contributed by atoms with E-state index in [2.05, 4.69) is 15.3 Å². The lowest BCUT2D eigenvalue weighted by Crippen LogP contribution is -2.32. The highest BCUT2D eigenvalue weighted by molar-refractivity contribution is 5.89. The van der Waals surface area contributed by atoms with Gasteiger partial charge in [-0.25, -0.2) is 14.2 Å². The number of nitrogens with zero attached hydrogens (tertiary/aromatic N) is 3. The van der Waals surface area contributed by atoms with Crippen LogP contribution in [-0.2, 0) is 4.74 Å². The SMILES string of the molecule is COc1ccc2ncc3c(c2n1)[C@@H](CCNC[C@@H]1CN(c2ccc(C)c(F)c2)C(=O)O1)CO3. The van der Waals surface area contributed by atoms with E-state index in [1.807, 2.05) is 6.07 Å². The maximum Gasteiger partial charge on any atom is 0.414 e. The number of halogens is 1. The Hall–Kier alpha value is -3.46. The molecule has 5 rings (SSSR count). The van der Waals surface area contributed by atoms with E-state index >= 15 is 0 Å². The van der Waals surface area contributed by atoms with Crippen LogP contribution in [0.4, 0.5) is 14.9 Å². The van der Waals surface area contributed by atoms with Gasteiger partial charge < -0.3 is 19.5 Å². The van der Waals surface area contributed by atoms with E-state index in [9.17, 15) is 9.18 Å². The van der Waals surface area contributed by atoms with E-state index in [1.165, 1.54) is 11.0 Å². The van der Waals surface area contributed by atoms with Crippen LogP contribution in [0.5, 0.6) is 11.6 Å². The van der Waals surface area contributed by atoms with Crippen molar-refractivity contribution in [1.82, 2.24) is 15.3 Å². The molecule has 0 unspecified atom stereocenters. The molecule has 3 aromatic rings. The van der Waals surface area contributed by atoms with Crippen molar-refractivity contribution in [1.29, 1.82) is 0 Å². The Bertz CT molecular complexity index is 1200. The van der Waals surface area contributed by atoms with Crippen molar-refractivity contribution in [2.75, 3.05) is 38.3 Å². The van der Waals surface area contributed by atoms with Gasteiger partial charge in [-0.2, -0.15) is 0 Å². The average molecular weight is 452 g/mol. The Morgan fingerprint density at radius 3 is 3.00 bits per heavy atom. The number of cyclic esters (lactones) is 1. The number of carbonyl (C=O) groups excluding carboxylic acids is 1. The van der Waals surface area contributed by atoms with Crippen LogP contribution in [0.15, 0.2) is 36.5 Å². The summed E-state index contributed by atoms with van der Waals surface area (Å²) >= 11 is 0. The van der Waals surface area contributed by atoms with Crippen molar-refractivity contribution in [2.45, 2.75) is 25.4 Å². The molecular formula is C24H25FN4O4. The highest BCUT2D eigenvalue weighted by Crippen LogP contribution is 2.39. The molecule has 2 atom stereocenters. The number of anilines is 1. The van der Waals surface area contributed by atoms with E-state index < -0.39 is 6.09 Å². The van der Waals surface area contributed by atoms with Crippen molar-refractivity contribution in [3.63, 3.8) is 0 Å². The van der Waals surface area contributed by atoms with Crippen molar-refractivity contribution >= 4 is 22.8 Å². The molecule has 0 aliphatic carbocycles. The van der Waals surface area contributed by atoms with Gasteiger partial charge in [0.15, 0.2) is 0 Å². The second-order valence-corrected chi connectivity index (χ2v) is 8.31. The molecule has 172 valence electrons. The highest BCUT2D eigenvalue weighted by atomic mass is 19.1. The fourth-order valence-electron chi connectivity index (χ4n) is 4.30. The summed E-state index contributed by atoms with van der Waals surface area (Å²) in [7, 11) is 1.59. The molecule has 2 aromatic heterocycles. The third-order valence-corrected chi connectivity index (χ3v) is 6.13. The molecule has 8 nitrogen and oxygen atoms in total. The van der Waals surface area contributed by atoms with Gasteiger partial charge in [0.25, 0.3) is 0 Å². The fourth-order valence-corrected chi connectivity index (χ4v) is 4.30. The van der Waals surface area contributed by atoms with Crippen LogP contribution in [-0.4, -0.2) is 55.5 Å². The van der Waals surface area contributed by atoms with Crippen LogP contribution >= 0.6 is 0 Å². The summed E-state index contributed by atoms with van der Waals surface area (Å²) in [5.41, 5.74) is 3.72. The van der Waals surface area contributed by atoms with Gasteiger partial charge in [-0.1, -0.05) is 6.07 Å². The monoisotopic (exact) mass is 452 g/mol. The van der Waals surface area contributed by atoms with E-state index in [0.29, 0.717) is 43.4 Å². The summed E-state index contributed by atoms with van der Waals surface area (Å²) < 4.78 is 30.5. The highest BCUT2D eigenvalue weighted by Gasteiger charge is 2.33. The van der Waals surface area contributed by atoms with Crippen molar-refractivity contribution in [2.24, 2.45) is 0 Å². The van der Waals surface area contributed by atoms with Crippen LogP contribution in [0.1, 0.15) is 23.5 Å². The minimum Gasteiger partial charge on any atom is -0.491 e. The quantitative estimate of drug-likeness (QED) is 0.549. The van der Waals surface area contributed by atoms with Crippen molar-refractivity contribution < 1.29 is 23.4 Å². The van der Waals surface area contributed by atoms with Gasteiger partial charge in [0.2, 0.25) is 5.88 Å². The number of hydrogen-bond donors (Lipinski definition) is 1. The summed E-state index contributed by atoms with van der Waals surface area (Å²) in [5.74, 6) is 1.15. The molecule has 0 spiro atoms. The van der Waals surface area contributed by atoms with Crippen LogP contribution < -0.4 is 19.7 Å². The molecule has 0 bridgehead atoms. The van der Waals surface area contributed by atoms with Gasteiger partial charge in [-0.3, -0.25) is 9.88 Å². The molecule has 0 saturated carbocycles. The molecule has 2 aliphatic rings. The zero-order chi connectivity index (χ0) is 22.9. The Morgan fingerprint density at radius 1 is 1.30 bits per heavy atom. The number of benzene rings is 1. The normalized spacial score (nSPS) is 19.5. The molecule has 1 saturated heterocycles. The van der Waals surface area contributed by atoms with E-state index in [0.717, 1.165) is 28.8 Å². The lowest BCUT2D eigenvalue weighted by Gasteiger charge is -2.14. The number of pyridine rings is 2. The molecule has 4 heterocycles. The number of fused-ring (bicyclic) bond motifs is 3. The molecule has 1 fully saturated rings. The third kappa shape index (κ3) is 4.16. The Balaban J connectivity index is 1.18. The number of rotatable bonds is 7. The first-order valence-corrected chi connectivity index (χ1v) is 10.9. The minimum atomic E-state index is -0.456. The van der Waals surface area contributed by atoms with Gasteiger partial charge in [0, 0.05) is 24.1 Å². The second-order valence-electron chi connectivity index (χ2n) is 8.31. The zero-order valence-corrected chi connectivity index (χ0v) is 18.5. The summed E-state index contributed by atoms with van der Waals surface area (Å²) in [6.07, 6.45) is 1.82. The molecule has 1 N–H and O–H groups in total. The predicted molar refractivity (Wildman–Crippen MR) is 121 cm³/mol. The number of nitrogens with one attached hydrogen (secondary N) is 1. The second kappa shape index (κ2) is 8.82. The number of aromatic nitrogens is 2. The van der Waals surface area contributed by atoms with Gasteiger partial charge in [0.05, 0.1) is 37.7 Å². The zero-order valence-electron chi connectivity index (χ0n) is 18.5. The van der Waals surface area contributed by atoms with Gasteiger partial charge in [0.1, 0.15) is 23.2 Å². The smallest absolute Gasteiger partial charge is 0.414 e.